The van der Waals surface area contributed by atoms with E-state index in [-0.39, 0.29) is 17.5 Å². The van der Waals surface area contributed by atoms with Crippen LogP contribution in [0.4, 0.5) is 17.5 Å². The largest absolute Gasteiger partial charge is 0.355 e. The molecule has 1 aromatic heterocycles. The molecule has 0 spiro atoms. The molecule has 0 saturated carbocycles. The third kappa shape index (κ3) is 3.74. The fraction of sp³-hybridized carbons (Fsp3) is 0.333. The third-order valence-corrected chi connectivity index (χ3v) is 6.34. The van der Waals surface area contributed by atoms with E-state index < -0.39 is 9.84 Å². The Morgan fingerprint density at radius 3 is 2.58 bits per heavy atom. The van der Waals surface area contributed by atoms with E-state index in [0.717, 1.165) is 0 Å². The highest BCUT2D eigenvalue weighted by atomic mass is 35.5. The van der Waals surface area contributed by atoms with Gasteiger partial charge in [-0.15, -0.1) is 0 Å². The van der Waals surface area contributed by atoms with Crippen LogP contribution < -0.4 is 10.2 Å². The molecular formula is C15H16Cl2N4O2S. The molecule has 0 amide bonds. The summed E-state index contributed by atoms with van der Waals surface area (Å²) in [5.74, 6) is 1.34. The van der Waals surface area contributed by atoms with Crippen LogP contribution in [0.1, 0.15) is 6.42 Å². The average Bonchev–Trinajstić information content (AvgIpc) is 2.91. The Kier molecular flexibility index (Phi) is 4.85. The van der Waals surface area contributed by atoms with Gasteiger partial charge < -0.3 is 10.2 Å². The van der Waals surface area contributed by atoms with Crippen molar-refractivity contribution in [3.8, 4) is 0 Å². The average molecular weight is 387 g/mol. The van der Waals surface area contributed by atoms with Gasteiger partial charge in [0, 0.05) is 19.3 Å². The second-order valence-electron chi connectivity index (χ2n) is 5.63. The lowest BCUT2D eigenvalue weighted by molar-refractivity contribution is 0.600. The minimum Gasteiger partial charge on any atom is -0.355 e. The maximum absolute atomic E-state index is 11.7. The molecule has 1 unspecified atom stereocenters. The van der Waals surface area contributed by atoms with Crippen molar-refractivity contribution in [1.82, 2.24) is 9.97 Å². The molecule has 1 N–H and O–H groups in total. The Morgan fingerprint density at radius 2 is 1.96 bits per heavy atom. The molecule has 9 heteroatoms. The number of hydrogen-bond donors (Lipinski definition) is 1. The Labute approximate surface area is 150 Å². The van der Waals surface area contributed by atoms with Crippen LogP contribution >= 0.6 is 23.2 Å². The number of rotatable bonds is 4. The van der Waals surface area contributed by atoms with Gasteiger partial charge in [-0.3, -0.25) is 0 Å². The van der Waals surface area contributed by atoms with Gasteiger partial charge in [-0.1, -0.05) is 29.3 Å². The number of nitrogens with zero attached hydrogens (tertiary/aromatic N) is 3. The predicted molar refractivity (Wildman–Crippen MR) is 97.2 cm³/mol. The maximum Gasteiger partial charge on any atom is 0.229 e. The molecule has 1 aromatic carbocycles. The van der Waals surface area contributed by atoms with E-state index in [2.05, 4.69) is 15.3 Å². The van der Waals surface area contributed by atoms with E-state index in [1.807, 2.05) is 11.9 Å². The monoisotopic (exact) mass is 386 g/mol. The maximum atomic E-state index is 11.7. The number of aromatic nitrogens is 2. The van der Waals surface area contributed by atoms with Gasteiger partial charge in [0.2, 0.25) is 5.95 Å². The minimum atomic E-state index is -2.95. The highest BCUT2D eigenvalue weighted by Crippen LogP contribution is 2.32. The van der Waals surface area contributed by atoms with Crippen LogP contribution in [0.3, 0.4) is 0 Å². The molecule has 1 fully saturated rings. The molecule has 1 saturated heterocycles. The normalized spacial score (nSPS) is 19.2. The van der Waals surface area contributed by atoms with Crippen molar-refractivity contribution in [3.63, 3.8) is 0 Å². The zero-order valence-corrected chi connectivity index (χ0v) is 15.2. The van der Waals surface area contributed by atoms with Crippen LogP contribution in [-0.2, 0) is 9.84 Å². The van der Waals surface area contributed by atoms with Crippen molar-refractivity contribution in [1.29, 1.82) is 0 Å². The van der Waals surface area contributed by atoms with Crippen LogP contribution in [0.5, 0.6) is 0 Å². The van der Waals surface area contributed by atoms with E-state index in [1.54, 1.807) is 30.5 Å². The molecule has 1 aliphatic heterocycles. The number of nitrogens with one attached hydrogen (secondary N) is 1. The Morgan fingerprint density at radius 1 is 1.25 bits per heavy atom. The summed E-state index contributed by atoms with van der Waals surface area (Å²) in [6.45, 7) is 0. The second-order valence-corrected chi connectivity index (χ2v) is 8.67. The van der Waals surface area contributed by atoms with E-state index in [1.165, 1.54) is 0 Å². The summed E-state index contributed by atoms with van der Waals surface area (Å²) in [5, 5.41) is 3.94. The molecule has 1 atom stereocenters. The molecule has 1 aliphatic rings. The van der Waals surface area contributed by atoms with Crippen molar-refractivity contribution < 1.29 is 8.42 Å². The summed E-state index contributed by atoms with van der Waals surface area (Å²) >= 11 is 12.3. The zero-order valence-electron chi connectivity index (χ0n) is 12.9. The molecular weight excluding hydrogens is 371 g/mol. The third-order valence-electron chi connectivity index (χ3n) is 3.96. The predicted octanol–water partition coefficient (Wildman–Crippen LogP) is 3.15. The Balaban J connectivity index is 1.82. The van der Waals surface area contributed by atoms with Gasteiger partial charge in [-0.05, 0) is 24.6 Å². The summed E-state index contributed by atoms with van der Waals surface area (Å²) < 4.78 is 23.3. The quantitative estimate of drug-likeness (QED) is 0.869. The highest BCUT2D eigenvalue weighted by Gasteiger charge is 2.31. The van der Waals surface area contributed by atoms with Crippen molar-refractivity contribution in [2.75, 3.05) is 28.8 Å². The molecule has 2 aromatic rings. The SMILES string of the molecule is CN(c1ccnc(Nc2c(Cl)cccc2Cl)n1)C1CCS(=O)(=O)C1. The smallest absolute Gasteiger partial charge is 0.229 e. The van der Waals surface area contributed by atoms with E-state index in [4.69, 9.17) is 23.2 Å². The number of para-hydroxylation sites is 1. The van der Waals surface area contributed by atoms with Crippen LogP contribution in [-0.4, -0.2) is 43.0 Å². The molecule has 3 rings (SSSR count). The number of anilines is 3. The molecule has 24 heavy (non-hydrogen) atoms. The Bertz CT molecular complexity index is 840. The first-order valence-electron chi connectivity index (χ1n) is 7.33. The summed E-state index contributed by atoms with van der Waals surface area (Å²) in [4.78, 5) is 10.5. The molecule has 6 nitrogen and oxygen atoms in total. The lowest BCUT2D eigenvalue weighted by Gasteiger charge is -2.24. The second kappa shape index (κ2) is 6.74. The minimum absolute atomic E-state index is 0.0818. The first-order valence-corrected chi connectivity index (χ1v) is 9.91. The van der Waals surface area contributed by atoms with Crippen LogP contribution in [0.2, 0.25) is 10.0 Å². The summed E-state index contributed by atoms with van der Waals surface area (Å²) in [5.41, 5.74) is 0.532. The van der Waals surface area contributed by atoms with Gasteiger partial charge in [0.25, 0.3) is 0 Å². The lowest BCUT2D eigenvalue weighted by Crippen LogP contribution is -2.33. The van der Waals surface area contributed by atoms with Gasteiger partial charge in [0.05, 0.1) is 27.2 Å². The highest BCUT2D eigenvalue weighted by molar-refractivity contribution is 7.91. The number of sulfone groups is 1. The van der Waals surface area contributed by atoms with Crippen molar-refractivity contribution in [3.05, 3.63) is 40.5 Å². The van der Waals surface area contributed by atoms with Crippen molar-refractivity contribution >= 4 is 50.5 Å². The van der Waals surface area contributed by atoms with Crippen molar-refractivity contribution in [2.24, 2.45) is 0 Å². The number of halogens is 2. The number of benzene rings is 1. The summed E-state index contributed by atoms with van der Waals surface area (Å²) in [6, 6.07) is 6.84. The zero-order chi connectivity index (χ0) is 17.3. The van der Waals surface area contributed by atoms with Crippen LogP contribution in [0.25, 0.3) is 0 Å². The molecule has 0 radical (unpaired) electrons. The van der Waals surface area contributed by atoms with Crippen LogP contribution in [0, 0.1) is 0 Å². The van der Waals surface area contributed by atoms with Gasteiger partial charge in [0.1, 0.15) is 5.82 Å². The number of hydrogen-bond acceptors (Lipinski definition) is 6. The van der Waals surface area contributed by atoms with Crippen LogP contribution in [0.15, 0.2) is 30.5 Å². The van der Waals surface area contributed by atoms with E-state index >= 15 is 0 Å². The molecule has 2 heterocycles. The van der Waals surface area contributed by atoms with Gasteiger partial charge in [-0.25, -0.2) is 13.4 Å². The fourth-order valence-corrected chi connectivity index (χ4v) is 4.87. The Hall–Kier alpha value is -1.57. The van der Waals surface area contributed by atoms with Crippen molar-refractivity contribution in [2.45, 2.75) is 12.5 Å². The van der Waals surface area contributed by atoms with Gasteiger partial charge >= 0.3 is 0 Å². The fourth-order valence-electron chi connectivity index (χ4n) is 2.60. The van der Waals surface area contributed by atoms with E-state index in [9.17, 15) is 8.42 Å². The topological polar surface area (TPSA) is 75.2 Å². The first kappa shape index (κ1) is 17.3. The molecule has 0 bridgehead atoms. The van der Waals surface area contributed by atoms with Gasteiger partial charge in [-0.2, -0.15) is 4.98 Å². The molecule has 128 valence electrons. The first-order chi connectivity index (χ1) is 11.4. The lowest BCUT2D eigenvalue weighted by atomic mass is 10.2. The van der Waals surface area contributed by atoms with E-state index in [0.29, 0.717) is 33.9 Å². The van der Waals surface area contributed by atoms with Gasteiger partial charge in [0.15, 0.2) is 9.84 Å². The standard InChI is InChI=1S/C15H16Cl2N4O2S/c1-21(10-6-8-24(22,23)9-10)13-5-7-18-15(19-13)20-14-11(16)3-2-4-12(14)17/h2-5,7,10H,6,8-9H2,1H3,(H,18,19,20). The summed E-state index contributed by atoms with van der Waals surface area (Å²) in [6.07, 6.45) is 2.21. The molecule has 0 aliphatic carbocycles. The summed E-state index contributed by atoms with van der Waals surface area (Å²) in [7, 11) is -1.12.